The normalized spacial score (nSPS) is 18.3. The maximum absolute atomic E-state index is 13.0. The van der Waals surface area contributed by atoms with Crippen LogP contribution in [-0.4, -0.2) is 16.5 Å². The molecule has 0 spiro atoms. The Morgan fingerprint density at radius 1 is 1.23 bits per heavy atom. The molecule has 1 heterocycles. The molecule has 0 unspecified atom stereocenters. The molecule has 0 bridgehead atoms. The predicted octanol–water partition coefficient (Wildman–Crippen LogP) is 6.17. The minimum Gasteiger partial charge on any atom is -0.461 e. The molecular formula is C23H29FN2O2S2. The summed E-state index contributed by atoms with van der Waals surface area (Å²) in [5.74, 6) is 0.806. The van der Waals surface area contributed by atoms with Gasteiger partial charge in [-0.2, -0.15) is 0 Å². The van der Waals surface area contributed by atoms with E-state index in [1.54, 1.807) is 12.1 Å². The summed E-state index contributed by atoms with van der Waals surface area (Å²) in [6.07, 6.45) is 4.76. The van der Waals surface area contributed by atoms with E-state index in [2.05, 4.69) is 12.2 Å². The van der Waals surface area contributed by atoms with E-state index in [1.807, 2.05) is 39.8 Å². The lowest BCUT2D eigenvalue weighted by atomic mass is 9.99. The lowest BCUT2D eigenvalue weighted by molar-refractivity contribution is -0.145. The van der Waals surface area contributed by atoms with Crippen molar-refractivity contribution in [2.45, 2.75) is 56.9 Å². The third-order valence-corrected chi connectivity index (χ3v) is 8.62. The number of hydrogen-bond donors (Lipinski definition) is 2. The summed E-state index contributed by atoms with van der Waals surface area (Å²) in [4.78, 5) is 12.0. The lowest BCUT2D eigenvalue weighted by Crippen LogP contribution is -2.15. The fraction of sp³-hybridized carbons (Fsp3) is 0.435. The second kappa shape index (κ2) is 11.0. The van der Waals surface area contributed by atoms with Gasteiger partial charge in [0.25, 0.3) is 0 Å². The highest BCUT2D eigenvalue weighted by Gasteiger charge is 2.29. The molecule has 1 aliphatic heterocycles. The second-order valence-corrected chi connectivity index (χ2v) is 10.9. The third kappa shape index (κ3) is 7.13. The number of halogens is 1. The van der Waals surface area contributed by atoms with Gasteiger partial charge < -0.3 is 15.8 Å². The van der Waals surface area contributed by atoms with Crippen molar-refractivity contribution in [1.29, 1.82) is 0 Å². The fourth-order valence-electron chi connectivity index (χ4n) is 3.29. The van der Waals surface area contributed by atoms with Crippen LogP contribution in [0.4, 0.5) is 15.8 Å². The molecule has 0 amide bonds. The van der Waals surface area contributed by atoms with Gasteiger partial charge in [-0.3, -0.25) is 4.79 Å². The first-order chi connectivity index (χ1) is 14.4. The van der Waals surface area contributed by atoms with Gasteiger partial charge in [0.15, 0.2) is 0 Å². The van der Waals surface area contributed by atoms with Crippen LogP contribution in [0, 0.1) is 5.82 Å². The van der Waals surface area contributed by atoms with Crippen LogP contribution in [0.5, 0.6) is 0 Å². The summed E-state index contributed by atoms with van der Waals surface area (Å²) in [7, 11) is 3.93. The first-order valence-corrected chi connectivity index (χ1v) is 12.6. The molecule has 4 nitrogen and oxygen atoms in total. The Balaban J connectivity index is 1.37. The number of hydrogen-bond acceptors (Lipinski definition) is 6. The second-order valence-electron chi connectivity index (χ2n) is 7.87. The number of nitrogens with two attached hydrogens (primary N) is 1. The van der Waals surface area contributed by atoms with Crippen LogP contribution in [0.25, 0.3) is 0 Å². The zero-order valence-corrected chi connectivity index (χ0v) is 18.9. The molecule has 30 heavy (non-hydrogen) atoms. The average Bonchev–Trinajstić information content (AvgIpc) is 3.17. The van der Waals surface area contributed by atoms with Crippen LogP contribution in [0.2, 0.25) is 0 Å². The van der Waals surface area contributed by atoms with Crippen LogP contribution in [-0.2, 0) is 22.7 Å². The highest BCUT2D eigenvalue weighted by molar-refractivity contribution is 8.77. The van der Waals surface area contributed by atoms with Gasteiger partial charge in [-0.05, 0) is 56.0 Å². The average molecular weight is 449 g/mol. The maximum Gasteiger partial charge on any atom is 0.306 e. The summed E-state index contributed by atoms with van der Waals surface area (Å²) < 4.78 is 18.7. The molecule has 1 atom stereocenters. The van der Waals surface area contributed by atoms with Crippen molar-refractivity contribution in [2.24, 2.45) is 0 Å². The number of esters is 1. The Bertz CT molecular complexity index is 840. The number of benzene rings is 2. The fourth-order valence-corrected chi connectivity index (χ4v) is 6.59. The van der Waals surface area contributed by atoms with E-state index in [4.69, 9.17) is 10.5 Å². The minimum absolute atomic E-state index is 0.175. The first kappa shape index (κ1) is 22.8. The minimum atomic E-state index is -0.247. The standard InChI is InChI=1S/C23H29FN2O2S2/c1-23(12-13-29-30-23)11-3-2-4-22(27)28-16-18-7-10-20(14-21(18)25)26-15-17-5-8-19(24)9-6-17/h5-10,14,26H,2-4,11-13,15-16,25H2,1H3/t23-/m1/s1. The number of anilines is 2. The van der Waals surface area contributed by atoms with E-state index in [0.29, 0.717) is 23.4 Å². The smallest absolute Gasteiger partial charge is 0.306 e. The quantitative estimate of drug-likeness (QED) is 0.196. The Kier molecular flexibility index (Phi) is 8.33. The van der Waals surface area contributed by atoms with E-state index in [0.717, 1.165) is 36.1 Å². The van der Waals surface area contributed by atoms with Crippen molar-refractivity contribution in [2.75, 3.05) is 16.8 Å². The molecule has 3 N–H and O–H groups in total. The Morgan fingerprint density at radius 2 is 2.03 bits per heavy atom. The van der Waals surface area contributed by atoms with Gasteiger partial charge in [-0.1, -0.05) is 46.2 Å². The van der Waals surface area contributed by atoms with Crippen molar-refractivity contribution in [1.82, 2.24) is 0 Å². The number of ether oxygens (including phenoxy) is 1. The highest BCUT2D eigenvalue weighted by atomic mass is 33.1. The van der Waals surface area contributed by atoms with E-state index in [1.165, 1.54) is 24.3 Å². The molecule has 1 saturated heterocycles. The van der Waals surface area contributed by atoms with E-state index in [9.17, 15) is 9.18 Å². The van der Waals surface area contributed by atoms with Crippen LogP contribution < -0.4 is 11.1 Å². The summed E-state index contributed by atoms with van der Waals surface area (Å²) in [5, 5.41) is 3.26. The molecule has 162 valence electrons. The van der Waals surface area contributed by atoms with Crippen molar-refractivity contribution in [3.63, 3.8) is 0 Å². The van der Waals surface area contributed by atoms with Gasteiger partial charge >= 0.3 is 5.97 Å². The monoisotopic (exact) mass is 448 g/mol. The molecule has 0 aliphatic carbocycles. The van der Waals surface area contributed by atoms with E-state index >= 15 is 0 Å². The number of carbonyl (C=O) groups excluding carboxylic acids is 1. The van der Waals surface area contributed by atoms with Crippen LogP contribution in [0.1, 0.15) is 50.2 Å². The van der Waals surface area contributed by atoms with Crippen molar-refractivity contribution < 1.29 is 13.9 Å². The number of nitrogen functional groups attached to an aromatic ring is 1. The zero-order valence-electron chi connectivity index (χ0n) is 17.3. The third-order valence-electron chi connectivity index (χ3n) is 5.26. The van der Waals surface area contributed by atoms with Crippen molar-refractivity contribution in [3.05, 3.63) is 59.4 Å². The van der Waals surface area contributed by atoms with Crippen molar-refractivity contribution >= 4 is 38.9 Å². The predicted molar refractivity (Wildman–Crippen MR) is 126 cm³/mol. The topological polar surface area (TPSA) is 64.3 Å². The van der Waals surface area contributed by atoms with Crippen LogP contribution in [0.3, 0.4) is 0 Å². The van der Waals surface area contributed by atoms with Gasteiger partial charge in [0, 0.05) is 40.4 Å². The Morgan fingerprint density at radius 3 is 2.73 bits per heavy atom. The molecule has 1 fully saturated rings. The van der Waals surface area contributed by atoms with Gasteiger partial charge in [0.05, 0.1) is 0 Å². The van der Waals surface area contributed by atoms with Gasteiger partial charge in [-0.15, -0.1) is 0 Å². The molecule has 0 saturated carbocycles. The number of unbranched alkanes of at least 4 members (excludes halogenated alkanes) is 1. The largest absolute Gasteiger partial charge is 0.461 e. The molecule has 1 aliphatic rings. The number of rotatable bonds is 10. The van der Waals surface area contributed by atoms with Gasteiger partial charge in [0.2, 0.25) is 0 Å². The molecule has 7 heteroatoms. The molecule has 2 aromatic rings. The summed E-state index contributed by atoms with van der Waals surface area (Å²) in [6.45, 7) is 3.08. The van der Waals surface area contributed by atoms with E-state index < -0.39 is 0 Å². The Labute approximate surface area is 185 Å². The van der Waals surface area contributed by atoms with E-state index in [-0.39, 0.29) is 18.4 Å². The number of carbonyl (C=O) groups is 1. The SMILES string of the molecule is C[C@@]1(CCCCC(=O)OCc2ccc(NCc3ccc(F)cc3)cc2N)CCSS1. The first-order valence-electron chi connectivity index (χ1n) is 10.3. The molecule has 3 rings (SSSR count). The zero-order chi connectivity index (χ0) is 21.4. The number of nitrogens with one attached hydrogen (secondary N) is 1. The van der Waals surface area contributed by atoms with Crippen LogP contribution >= 0.6 is 21.6 Å². The maximum atomic E-state index is 13.0. The summed E-state index contributed by atoms with van der Waals surface area (Å²) in [6, 6.07) is 12.0. The highest BCUT2D eigenvalue weighted by Crippen LogP contribution is 2.49. The molecule has 0 aromatic heterocycles. The van der Waals surface area contributed by atoms with Crippen LogP contribution in [0.15, 0.2) is 42.5 Å². The molecular weight excluding hydrogens is 419 g/mol. The van der Waals surface area contributed by atoms with Crippen molar-refractivity contribution in [3.8, 4) is 0 Å². The molecule has 2 aromatic carbocycles. The lowest BCUT2D eigenvalue weighted by Gasteiger charge is -2.20. The van der Waals surface area contributed by atoms with Gasteiger partial charge in [0.1, 0.15) is 12.4 Å². The Hall–Kier alpha value is -1.86. The van der Waals surface area contributed by atoms with Gasteiger partial charge in [-0.25, -0.2) is 4.39 Å². The summed E-state index contributed by atoms with van der Waals surface area (Å²) in [5.41, 5.74) is 9.33. The summed E-state index contributed by atoms with van der Waals surface area (Å²) >= 11 is 0. The molecule has 0 radical (unpaired) electrons.